The Labute approximate surface area is 363 Å². The van der Waals surface area contributed by atoms with Gasteiger partial charge in [0.1, 0.15) is 36.1 Å². The lowest BCUT2D eigenvalue weighted by atomic mass is 9.92. The lowest BCUT2D eigenvalue weighted by Gasteiger charge is -2.31. The molecule has 10 rings (SSSR count). The highest BCUT2D eigenvalue weighted by molar-refractivity contribution is 6.07. The van der Waals surface area contributed by atoms with Gasteiger partial charge < -0.3 is 44.6 Å². The minimum Gasteiger partial charge on any atom is -0.488 e. The van der Waals surface area contributed by atoms with Crippen LogP contribution in [-0.2, 0) is 25.7 Å². The molecule has 4 amide bonds. The first-order valence-corrected chi connectivity index (χ1v) is 21.6. The topological polar surface area (TPSA) is 184 Å². The van der Waals surface area contributed by atoms with Crippen LogP contribution >= 0.6 is 0 Å². The number of alkyl carbamates (subject to hydrolysis) is 2. The van der Waals surface area contributed by atoms with Crippen LogP contribution in [0.1, 0.15) is 87.4 Å². The Bertz CT molecular complexity index is 2800. The number of rotatable bonds is 9. The molecule has 15 heteroatoms. The number of aromatic amines is 2. The Hall–Kier alpha value is -6.90. The van der Waals surface area contributed by atoms with E-state index in [1.165, 1.54) is 14.2 Å². The number of hydrogen-bond donors (Lipinski definition) is 4. The molecular formula is C48H50N8O7. The summed E-state index contributed by atoms with van der Waals surface area (Å²) in [5, 5.41) is 7.46. The zero-order valence-corrected chi connectivity index (χ0v) is 35.9. The van der Waals surface area contributed by atoms with E-state index in [2.05, 4.69) is 63.9 Å². The third-order valence-corrected chi connectivity index (χ3v) is 13.5. The van der Waals surface area contributed by atoms with Crippen LogP contribution in [0.3, 0.4) is 0 Å². The van der Waals surface area contributed by atoms with Crippen molar-refractivity contribution < 1.29 is 33.4 Å². The first-order valence-electron chi connectivity index (χ1n) is 21.6. The molecule has 1 saturated carbocycles. The third-order valence-electron chi connectivity index (χ3n) is 13.5. The number of likely N-dealkylation sites (tertiary alicyclic amines) is 2. The second kappa shape index (κ2) is 15.5. The second-order valence-electron chi connectivity index (χ2n) is 17.9. The van der Waals surface area contributed by atoms with E-state index in [1.807, 2.05) is 55.1 Å². The number of H-pyrrole nitrogens is 2. The average molecular weight is 851 g/mol. The number of carbonyl (C=O) groups excluding carboxylic acids is 4. The molecule has 0 bridgehead atoms. The minimum absolute atomic E-state index is 0.00399. The highest BCUT2D eigenvalue weighted by atomic mass is 16.5. The lowest BCUT2D eigenvalue weighted by Crippen LogP contribution is -2.52. The molecule has 4 aromatic carbocycles. The monoisotopic (exact) mass is 850 g/mol. The third kappa shape index (κ3) is 6.99. The van der Waals surface area contributed by atoms with E-state index in [9.17, 15) is 19.2 Å². The van der Waals surface area contributed by atoms with E-state index >= 15 is 0 Å². The number of fused-ring (bicyclic) bond motifs is 7. The number of carbonyl (C=O) groups is 4. The molecule has 1 unspecified atom stereocenters. The van der Waals surface area contributed by atoms with Crippen molar-refractivity contribution in [3.05, 3.63) is 102 Å². The maximum atomic E-state index is 14.1. The quantitative estimate of drug-likeness (QED) is 0.113. The van der Waals surface area contributed by atoms with Gasteiger partial charge in [-0.25, -0.2) is 19.6 Å². The average Bonchev–Trinajstić information content (AvgIpc) is 3.89. The lowest BCUT2D eigenvalue weighted by molar-refractivity contribution is -0.137. The van der Waals surface area contributed by atoms with Crippen molar-refractivity contribution in [3.63, 3.8) is 0 Å². The van der Waals surface area contributed by atoms with Crippen LogP contribution in [0.15, 0.2) is 79.0 Å². The summed E-state index contributed by atoms with van der Waals surface area (Å²) in [7, 11) is 2.58. The van der Waals surface area contributed by atoms with Crippen LogP contribution in [0, 0.1) is 11.3 Å². The first-order chi connectivity index (χ1) is 30.4. The maximum Gasteiger partial charge on any atom is 0.407 e. The molecular weight excluding hydrogens is 801 g/mol. The molecule has 6 atom stereocenters. The molecule has 5 heterocycles. The molecule has 6 aromatic rings. The van der Waals surface area contributed by atoms with E-state index in [0.717, 1.165) is 87.0 Å². The zero-order valence-electron chi connectivity index (χ0n) is 35.9. The predicted molar refractivity (Wildman–Crippen MR) is 234 cm³/mol. The number of nitrogens with one attached hydrogen (secondary N) is 4. The summed E-state index contributed by atoms with van der Waals surface area (Å²) in [4.78, 5) is 73.4. The van der Waals surface area contributed by atoms with Crippen molar-refractivity contribution in [3.8, 4) is 28.1 Å². The highest BCUT2D eigenvalue weighted by Gasteiger charge is 2.64. The fourth-order valence-electron chi connectivity index (χ4n) is 10.1. The number of benzene rings is 4. The summed E-state index contributed by atoms with van der Waals surface area (Å²) in [6, 6.07) is 21.8. The van der Waals surface area contributed by atoms with E-state index in [0.29, 0.717) is 24.5 Å². The summed E-state index contributed by atoms with van der Waals surface area (Å²) in [6.07, 6.45) is 3.75. The van der Waals surface area contributed by atoms with E-state index < -0.39 is 24.3 Å². The molecule has 0 spiro atoms. The summed E-state index contributed by atoms with van der Waals surface area (Å²) in [6.45, 7) is 6.98. The van der Waals surface area contributed by atoms with Gasteiger partial charge in [-0.1, -0.05) is 69.3 Å². The first kappa shape index (κ1) is 40.2. The second-order valence-corrected chi connectivity index (χ2v) is 17.9. The number of aromatic nitrogens is 4. The van der Waals surface area contributed by atoms with Gasteiger partial charge >= 0.3 is 12.2 Å². The van der Waals surface area contributed by atoms with Crippen LogP contribution < -0.4 is 15.4 Å². The maximum absolute atomic E-state index is 14.1. The molecule has 2 saturated heterocycles. The number of amides is 4. The van der Waals surface area contributed by atoms with Gasteiger partial charge in [-0.05, 0) is 88.9 Å². The Morgan fingerprint density at radius 2 is 1.67 bits per heavy atom. The van der Waals surface area contributed by atoms with Crippen molar-refractivity contribution in [2.24, 2.45) is 11.3 Å². The molecule has 0 radical (unpaired) electrons. The van der Waals surface area contributed by atoms with Gasteiger partial charge in [0.15, 0.2) is 0 Å². The van der Waals surface area contributed by atoms with E-state index in [-0.39, 0.29) is 41.3 Å². The molecule has 4 aliphatic rings. The summed E-state index contributed by atoms with van der Waals surface area (Å²) in [5.41, 5.74) is 7.25. The number of imidazole rings is 2. The summed E-state index contributed by atoms with van der Waals surface area (Å²) in [5.74, 6) is 1.72. The zero-order chi connectivity index (χ0) is 43.7. The summed E-state index contributed by atoms with van der Waals surface area (Å²) >= 11 is 0. The Morgan fingerprint density at radius 1 is 0.873 bits per heavy atom. The van der Waals surface area contributed by atoms with Crippen LogP contribution in [0.5, 0.6) is 5.75 Å². The molecule has 3 aliphatic heterocycles. The van der Waals surface area contributed by atoms with Crippen molar-refractivity contribution in [1.29, 1.82) is 0 Å². The van der Waals surface area contributed by atoms with E-state index in [4.69, 9.17) is 24.2 Å². The van der Waals surface area contributed by atoms with Crippen LogP contribution in [0.25, 0.3) is 44.2 Å². The molecule has 63 heavy (non-hydrogen) atoms. The molecule has 1 aliphatic carbocycles. The smallest absolute Gasteiger partial charge is 0.407 e. The molecule has 15 nitrogen and oxygen atoms in total. The molecule has 3 fully saturated rings. The number of nitrogens with zero attached hydrogens (tertiary/aromatic N) is 4. The van der Waals surface area contributed by atoms with Crippen molar-refractivity contribution in [1.82, 2.24) is 40.4 Å². The normalized spacial score (nSPS) is 21.9. The SMILES string of the molecule is COC(=O)N[C@H](C(=O)N1[C@H](c2nc3c(ccc4cc5c(cc43)OCc3cc(-c4cnc([C@@H]6CCCN6C(=O)[C@H](NC(=O)OC)c6ccccc6)[nH]4)ccc3-5)[nH]2)CC2(C)C[C@@H]12)C(C)C. The van der Waals surface area contributed by atoms with Crippen molar-refractivity contribution in [2.75, 3.05) is 20.8 Å². The number of methoxy groups -OCH3 is 2. The largest absolute Gasteiger partial charge is 0.488 e. The molecule has 2 aromatic heterocycles. The predicted octanol–water partition coefficient (Wildman–Crippen LogP) is 7.86. The van der Waals surface area contributed by atoms with Crippen LogP contribution in [-0.4, -0.2) is 86.6 Å². The molecule has 324 valence electrons. The minimum atomic E-state index is -0.895. The van der Waals surface area contributed by atoms with Crippen LogP contribution in [0.2, 0.25) is 0 Å². The highest BCUT2D eigenvalue weighted by Crippen LogP contribution is 2.63. The van der Waals surface area contributed by atoms with Gasteiger partial charge in [-0.15, -0.1) is 0 Å². The van der Waals surface area contributed by atoms with Gasteiger partial charge in [-0.2, -0.15) is 0 Å². The fourth-order valence-corrected chi connectivity index (χ4v) is 10.1. The Balaban J connectivity index is 0.903. The number of ether oxygens (including phenoxy) is 3. The number of hydrogen-bond acceptors (Lipinski definition) is 9. The standard InChI is InChI=1S/C48H50N8O7/c1-25(2)39(53-46(59)61-4)45(58)56-36(21-48(3)22-38(48)56)43-50-33-16-14-27-19-32-30-15-13-28(18-29(30)24-63-37(32)20-31(27)41(33)52-43)34-23-49-42(51-34)35-12-9-17-55(35)44(57)40(54-47(60)62-5)26-10-7-6-8-11-26/h6-8,10-11,13-16,18-20,23,25,35-36,38-40H,9,12,17,21-22,24H2,1-5H3,(H,49,51)(H,50,52)(H,53,59)(H,54,60)/t35-,36-,38+,39-,40+,48?/m0/s1. The van der Waals surface area contributed by atoms with Gasteiger partial charge in [0.25, 0.3) is 5.91 Å². The molecule has 4 N–H and O–H groups in total. The fraction of sp³-hybridized carbons (Fsp3) is 0.375. The van der Waals surface area contributed by atoms with Crippen molar-refractivity contribution >= 4 is 45.8 Å². The van der Waals surface area contributed by atoms with Gasteiger partial charge in [-0.3, -0.25) is 9.59 Å². The van der Waals surface area contributed by atoms with Gasteiger partial charge in [0, 0.05) is 23.5 Å². The van der Waals surface area contributed by atoms with Gasteiger partial charge in [0.05, 0.1) is 49.2 Å². The van der Waals surface area contributed by atoms with Crippen LogP contribution in [0.4, 0.5) is 9.59 Å². The van der Waals surface area contributed by atoms with Gasteiger partial charge in [0.2, 0.25) is 5.91 Å². The Kier molecular flexibility index (Phi) is 9.87. The van der Waals surface area contributed by atoms with E-state index in [1.54, 1.807) is 11.1 Å². The number of piperidine rings is 1. The van der Waals surface area contributed by atoms with Crippen molar-refractivity contribution in [2.45, 2.75) is 83.3 Å². The summed E-state index contributed by atoms with van der Waals surface area (Å²) < 4.78 is 16.2. The Morgan fingerprint density at radius 3 is 2.44 bits per heavy atom.